The van der Waals surface area contributed by atoms with Crippen LogP contribution >= 0.6 is 11.8 Å². The molecule has 1 aromatic heterocycles. The van der Waals surface area contributed by atoms with E-state index < -0.39 is 18.5 Å². The van der Waals surface area contributed by atoms with E-state index in [4.69, 9.17) is 9.57 Å². The van der Waals surface area contributed by atoms with Crippen molar-refractivity contribution in [1.82, 2.24) is 20.2 Å². The van der Waals surface area contributed by atoms with Crippen LogP contribution in [0.4, 0.5) is 23.7 Å². The van der Waals surface area contributed by atoms with Gasteiger partial charge in [0.25, 0.3) is 0 Å². The van der Waals surface area contributed by atoms with Gasteiger partial charge in [0.1, 0.15) is 18.2 Å². The zero-order chi connectivity index (χ0) is 32.1. The van der Waals surface area contributed by atoms with Crippen LogP contribution in [0.5, 0.6) is 0 Å². The van der Waals surface area contributed by atoms with E-state index in [2.05, 4.69) is 25.3 Å². The number of amides is 3. The van der Waals surface area contributed by atoms with Crippen LogP contribution in [0, 0.1) is 6.92 Å². The maximum absolute atomic E-state index is 12.7. The molecule has 1 aliphatic carbocycles. The average Bonchev–Trinajstić information content (AvgIpc) is 3.64. The standard InChI is InChI=1S/C30H29F3N6O5S/c1-18-4-5-22(15-42-3)25(14-18)39-26(40)16-45-29(39)35-28(41)37-44-19(2)20-6-8-21(9-7-20)27-34-17-38(36-27)23-10-12-24(13-11-23)43-30(31,32)33/h4-10,12,14,17,19H,11,13,15-16H2,1-3H3,(H,37,41)/b35-29-. The van der Waals surface area contributed by atoms with Gasteiger partial charge < -0.3 is 9.47 Å². The highest BCUT2D eigenvalue weighted by Crippen LogP contribution is 2.32. The lowest BCUT2D eigenvalue weighted by atomic mass is 10.1. The molecule has 1 atom stereocenters. The number of allylic oxidation sites excluding steroid dienone is 4. The SMILES string of the molecule is COCc1ccc(C)cc1N1C(=O)CS/C1=N\C(=O)NOC(C)c1ccc(-c2ncn(C3=CC=C(OC(F)(F)F)CC3)n2)cc1. The quantitative estimate of drug-likeness (QED) is 0.271. The molecule has 0 radical (unpaired) electrons. The number of nitrogens with zero attached hydrogens (tertiary/aromatic N) is 5. The van der Waals surface area contributed by atoms with Gasteiger partial charge in [-0.2, -0.15) is 4.99 Å². The molecule has 1 N–H and O–H groups in total. The molecule has 3 aromatic rings. The lowest BCUT2D eigenvalue weighted by molar-refractivity contribution is -0.306. The Balaban J connectivity index is 1.19. The predicted octanol–water partition coefficient (Wildman–Crippen LogP) is 6.29. The number of thioether (sulfide) groups is 1. The highest BCUT2D eigenvalue weighted by Gasteiger charge is 2.33. The first-order valence-electron chi connectivity index (χ1n) is 13.8. The Hall–Kier alpha value is -4.47. The van der Waals surface area contributed by atoms with Crippen molar-refractivity contribution in [3.63, 3.8) is 0 Å². The van der Waals surface area contributed by atoms with Crippen molar-refractivity contribution in [3.8, 4) is 11.4 Å². The molecule has 0 spiro atoms. The Morgan fingerprint density at radius 3 is 2.62 bits per heavy atom. The van der Waals surface area contributed by atoms with Gasteiger partial charge in [0.2, 0.25) is 5.91 Å². The number of halogens is 3. The summed E-state index contributed by atoms with van der Waals surface area (Å²) < 4.78 is 48.1. The van der Waals surface area contributed by atoms with E-state index in [1.807, 2.05) is 25.1 Å². The van der Waals surface area contributed by atoms with Crippen molar-refractivity contribution in [2.45, 2.75) is 45.8 Å². The van der Waals surface area contributed by atoms with Gasteiger partial charge in [0.15, 0.2) is 11.0 Å². The second kappa shape index (κ2) is 13.7. The molecule has 236 valence electrons. The molecule has 5 rings (SSSR count). The largest absolute Gasteiger partial charge is 0.572 e. The minimum Gasteiger partial charge on any atom is -0.410 e. The van der Waals surface area contributed by atoms with Crippen molar-refractivity contribution in [2.75, 3.05) is 17.8 Å². The number of carbonyl (C=O) groups excluding carboxylic acids is 2. The van der Waals surface area contributed by atoms with Crippen LogP contribution in [0.15, 0.2) is 71.7 Å². The van der Waals surface area contributed by atoms with Crippen molar-refractivity contribution < 1.29 is 37.1 Å². The topological polar surface area (TPSA) is 120 Å². The number of ether oxygens (including phenoxy) is 2. The fourth-order valence-corrected chi connectivity index (χ4v) is 5.48. The number of aliphatic imine (C=N–C) groups is 1. The molecule has 45 heavy (non-hydrogen) atoms. The molecule has 0 bridgehead atoms. The van der Waals surface area contributed by atoms with Crippen LogP contribution in [0.1, 0.15) is 42.6 Å². The van der Waals surface area contributed by atoms with Gasteiger partial charge >= 0.3 is 12.4 Å². The minimum atomic E-state index is -4.72. The van der Waals surface area contributed by atoms with Crippen LogP contribution in [0.3, 0.4) is 0 Å². The maximum atomic E-state index is 12.7. The Morgan fingerprint density at radius 1 is 1.16 bits per heavy atom. The molecular formula is C30H29F3N6O5S. The number of rotatable bonds is 9. The van der Waals surface area contributed by atoms with E-state index in [0.717, 1.165) is 28.5 Å². The Morgan fingerprint density at radius 2 is 1.93 bits per heavy atom. The van der Waals surface area contributed by atoms with E-state index in [1.54, 1.807) is 38.3 Å². The third kappa shape index (κ3) is 7.98. The lowest BCUT2D eigenvalue weighted by Gasteiger charge is -2.20. The number of carbonyl (C=O) groups is 2. The number of methoxy groups -OCH3 is 1. The van der Waals surface area contributed by atoms with E-state index in [1.165, 1.54) is 28.1 Å². The predicted molar refractivity (Wildman–Crippen MR) is 161 cm³/mol. The third-order valence-corrected chi connectivity index (χ3v) is 7.75. The van der Waals surface area contributed by atoms with E-state index >= 15 is 0 Å². The summed E-state index contributed by atoms with van der Waals surface area (Å²) in [5, 5.41) is 4.68. The number of benzene rings is 2. The summed E-state index contributed by atoms with van der Waals surface area (Å²) in [4.78, 5) is 40.7. The summed E-state index contributed by atoms with van der Waals surface area (Å²) in [7, 11) is 1.57. The number of amidine groups is 1. The van der Waals surface area contributed by atoms with Crippen LogP contribution in [0.25, 0.3) is 17.1 Å². The highest BCUT2D eigenvalue weighted by molar-refractivity contribution is 8.15. The smallest absolute Gasteiger partial charge is 0.410 e. The summed E-state index contributed by atoms with van der Waals surface area (Å²) in [6.45, 7) is 3.95. The first kappa shape index (κ1) is 31.9. The Bertz CT molecular complexity index is 1670. The van der Waals surface area contributed by atoms with Crippen molar-refractivity contribution in [2.24, 2.45) is 4.99 Å². The molecule has 0 saturated carbocycles. The molecule has 2 heterocycles. The number of hydrogen-bond acceptors (Lipinski definition) is 8. The van der Waals surface area contributed by atoms with Gasteiger partial charge in [-0.3, -0.25) is 14.5 Å². The van der Waals surface area contributed by atoms with Crippen LogP contribution < -0.4 is 10.4 Å². The zero-order valence-corrected chi connectivity index (χ0v) is 25.3. The molecule has 3 amide bonds. The minimum absolute atomic E-state index is 0.0908. The molecule has 1 saturated heterocycles. The summed E-state index contributed by atoms with van der Waals surface area (Å²) in [5.41, 5.74) is 6.82. The third-order valence-electron chi connectivity index (χ3n) is 6.83. The molecule has 2 aromatic carbocycles. The number of anilines is 1. The van der Waals surface area contributed by atoms with Crippen molar-refractivity contribution >= 4 is 40.3 Å². The second-order valence-electron chi connectivity index (χ2n) is 10.1. The fourth-order valence-electron chi connectivity index (χ4n) is 4.63. The van der Waals surface area contributed by atoms with Gasteiger partial charge in [-0.25, -0.2) is 19.9 Å². The summed E-state index contributed by atoms with van der Waals surface area (Å²) in [6.07, 6.45) is -0.569. The number of aromatic nitrogens is 3. The molecular weight excluding hydrogens is 613 g/mol. The number of urea groups is 1. The lowest BCUT2D eigenvalue weighted by Crippen LogP contribution is -2.32. The Kier molecular flexibility index (Phi) is 9.70. The molecule has 15 heteroatoms. The fraction of sp³-hybridized carbons (Fsp3) is 0.300. The number of alkyl halides is 3. The molecule has 2 aliphatic rings. The highest BCUT2D eigenvalue weighted by atomic mass is 32.2. The number of aryl methyl sites for hydroxylation is 1. The average molecular weight is 643 g/mol. The van der Waals surface area contributed by atoms with E-state index in [-0.39, 0.29) is 29.0 Å². The van der Waals surface area contributed by atoms with Crippen molar-refractivity contribution in [3.05, 3.63) is 83.4 Å². The van der Waals surface area contributed by atoms with Crippen LogP contribution in [-0.4, -0.2) is 51.1 Å². The maximum Gasteiger partial charge on any atom is 0.572 e. The summed E-state index contributed by atoms with van der Waals surface area (Å²) in [5.74, 6) is 0.225. The van der Waals surface area contributed by atoms with Crippen LogP contribution in [-0.2, 0) is 25.7 Å². The van der Waals surface area contributed by atoms with E-state index in [0.29, 0.717) is 35.8 Å². The molecule has 1 aliphatic heterocycles. The monoisotopic (exact) mass is 642 g/mol. The zero-order valence-electron chi connectivity index (χ0n) is 24.5. The van der Waals surface area contributed by atoms with Crippen molar-refractivity contribution in [1.29, 1.82) is 0 Å². The van der Waals surface area contributed by atoms with Gasteiger partial charge in [-0.05, 0) is 49.6 Å². The number of nitrogens with one attached hydrogen (secondary N) is 1. The summed E-state index contributed by atoms with van der Waals surface area (Å²) in [6, 6.07) is 12.1. The normalized spacial score (nSPS) is 16.9. The molecule has 1 fully saturated rings. The van der Waals surface area contributed by atoms with Gasteiger partial charge in [0.05, 0.1) is 18.0 Å². The van der Waals surface area contributed by atoms with Gasteiger partial charge in [-0.1, -0.05) is 48.2 Å². The van der Waals surface area contributed by atoms with E-state index in [9.17, 15) is 22.8 Å². The molecule has 11 nitrogen and oxygen atoms in total. The van der Waals surface area contributed by atoms with Crippen LogP contribution in [0.2, 0.25) is 0 Å². The Labute approximate surface area is 260 Å². The summed E-state index contributed by atoms with van der Waals surface area (Å²) >= 11 is 1.16. The van der Waals surface area contributed by atoms with Gasteiger partial charge in [0, 0.05) is 30.4 Å². The second-order valence-corrected chi connectivity index (χ2v) is 11.1. The number of hydroxylamine groups is 1. The first-order valence-corrected chi connectivity index (χ1v) is 14.8. The number of hydrogen-bond donors (Lipinski definition) is 1. The molecule has 1 unspecified atom stereocenters. The van der Waals surface area contributed by atoms with Gasteiger partial charge in [-0.15, -0.1) is 18.3 Å². The first-order chi connectivity index (χ1) is 21.5.